The molecule has 0 saturated carbocycles. The van der Waals surface area contributed by atoms with E-state index < -0.39 is 15.2 Å². The van der Waals surface area contributed by atoms with E-state index in [0.29, 0.717) is 58.9 Å². The fourth-order valence-corrected chi connectivity index (χ4v) is 8.91. The van der Waals surface area contributed by atoms with Crippen LogP contribution in [0.25, 0.3) is 0 Å². The zero-order valence-corrected chi connectivity index (χ0v) is 43.3. The van der Waals surface area contributed by atoms with Crippen molar-refractivity contribution in [2.45, 2.75) is 123 Å². The molecule has 8 N–H and O–H groups in total. The van der Waals surface area contributed by atoms with Crippen LogP contribution in [0.15, 0.2) is 24.3 Å². The molecule has 0 aromatic heterocycles. The maximum Gasteiger partial charge on any atom is 0.331 e. The van der Waals surface area contributed by atoms with Gasteiger partial charge in [-0.3, -0.25) is 9.13 Å². The van der Waals surface area contributed by atoms with Gasteiger partial charge in [0.15, 0.2) is 0 Å². The molecule has 0 amide bonds. The molecule has 0 aliphatic carbocycles. The fourth-order valence-electron chi connectivity index (χ4n) is 5.56. The van der Waals surface area contributed by atoms with Crippen LogP contribution in [0.5, 0.6) is 0 Å². The van der Waals surface area contributed by atoms with E-state index in [2.05, 4.69) is 48.0 Å². The van der Waals surface area contributed by atoms with Crippen LogP contribution in [0.1, 0.15) is 123 Å². The molecule has 59 heavy (non-hydrogen) atoms. The van der Waals surface area contributed by atoms with Crippen LogP contribution < -0.4 is 22.9 Å². The van der Waals surface area contributed by atoms with Crippen molar-refractivity contribution >= 4 is 89.6 Å². The minimum atomic E-state index is -3.39. The highest BCUT2D eigenvalue weighted by Crippen LogP contribution is 2.50. The normalized spacial score (nSPS) is 13.2. The molecule has 0 fully saturated rings. The Balaban J connectivity index is -0.000000901. The van der Waals surface area contributed by atoms with Crippen LogP contribution >= 0.6 is 89.6 Å². The first-order valence-electron chi connectivity index (χ1n) is 21.1. The van der Waals surface area contributed by atoms with Crippen LogP contribution in [-0.4, -0.2) is 114 Å². The first-order chi connectivity index (χ1) is 25.8. The third kappa shape index (κ3) is 48.6. The predicted molar refractivity (Wildman–Crippen MR) is 269 cm³/mol. The van der Waals surface area contributed by atoms with E-state index in [-0.39, 0.29) is 100.0 Å². The molecule has 0 saturated heterocycles. The van der Waals surface area contributed by atoms with E-state index in [0.717, 1.165) is 90.4 Å². The van der Waals surface area contributed by atoms with Crippen LogP contribution in [0.4, 0.5) is 0 Å². The van der Waals surface area contributed by atoms with Gasteiger partial charge < -0.3 is 50.8 Å². The van der Waals surface area contributed by atoms with Crippen molar-refractivity contribution in [3.8, 4) is 0 Å². The molecule has 0 aliphatic rings. The first kappa shape index (κ1) is 74.6. The molecule has 0 radical (unpaired) electrons. The molecule has 0 bridgehead atoms. The highest BCUT2D eigenvalue weighted by molar-refractivity contribution is 7.54. The summed E-state index contributed by atoms with van der Waals surface area (Å²) in [5.41, 5.74) is 23.1. The highest BCUT2D eigenvalue weighted by Gasteiger charge is 2.28. The zero-order chi connectivity index (χ0) is 39.1. The molecule has 12 nitrogen and oxygen atoms in total. The smallest absolute Gasteiger partial charge is 0.330 e. The molecular formula is C39H90Cl6N6O6P2. The molecule has 20 heteroatoms. The maximum absolute atomic E-state index is 14.0. The summed E-state index contributed by atoms with van der Waals surface area (Å²) in [5.74, 6) is 0. The van der Waals surface area contributed by atoms with Gasteiger partial charge in [0.25, 0.3) is 0 Å². The molecular weight excluding hydrogens is 923 g/mol. The summed E-state index contributed by atoms with van der Waals surface area (Å²) in [6.45, 7) is 12.3. The largest absolute Gasteiger partial charge is 0.331 e. The third-order valence-corrected chi connectivity index (χ3v) is 12.6. The lowest BCUT2D eigenvalue weighted by Crippen LogP contribution is -2.31. The Bertz CT molecular complexity index is 888. The fraction of sp³-hybridized carbons (Fsp3) is 0.897. The van der Waals surface area contributed by atoms with Gasteiger partial charge in [0.2, 0.25) is 0 Å². The first-order valence-corrected chi connectivity index (χ1v) is 24.6. The molecule has 2 unspecified atom stereocenters. The number of halogens is 6. The Hall–Kier alpha value is 1.28. The molecule has 0 heterocycles. The number of allylic oxidation sites excluding steroid dienone is 4. The monoisotopic (exact) mass is 1010 g/mol. The van der Waals surface area contributed by atoms with E-state index in [4.69, 9.17) is 41.0 Å². The van der Waals surface area contributed by atoms with E-state index in [9.17, 15) is 9.13 Å². The Morgan fingerprint density at radius 3 is 0.932 bits per heavy atom. The Morgan fingerprint density at radius 2 is 0.661 bits per heavy atom. The average Bonchev–Trinajstić information content (AvgIpc) is 3.16. The summed E-state index contributed by atoms with van der Waals surface area (Å²) in [4.78, 5) is 4.48. The molecule has 364 valence electrons. The number of nitrogens with zero attached hydrogens (tertiary/aromatic N) is 2. The maximum atomic E-state index is 14.0. The van der Waals surface area contributed by atoms with Gasteiger partial charge in [-0.1, -0.05) is 63.8 Å². The average molecular weight is 1010 g/mol. The predicted octanol–water partition coefficient (Wildman–Crippen LogP) is 10.2. The number of hydrogen-bond acceptors (Lipinski definition) is 12. The van der Waals surface area contributed by atoms with Crippen molar-refractivity contribution in [1.29, 1.82) is 0 Å². The number of unbranched alkanes of at least 4 members (excludes halogenated alkanes) is 8. The van der Waals surface area contributed by atoms with Crippen LogP contribution in [0.3, 0.4) is 0 Å². The van der Waals surface area contributed by atoms with Crippen molar-refractivity contribution in [2.75, 3.05) is 104 Å². The van der Waals surface area contributed by atoms with E-state index in [1.165, 1.54) is 38.5 Å². The molecule has 0 aliphatic heterocycles. The van der Waals surface area contributed by atoms with Crippen molar-refractivity contribution in [3.63, 3.8) is 0 Å². The SMILES string of the molecule is CCCCC/C=C\CCCOP(=O)(CCN(CCCN)CCCN)OCCCOP(=O)(CCN(CCCN)CCCN)OCCC/C=C\CCCCC.Cl.Cl.Cl.Cl.Cl.Cl. The number of rotatable bonds is 42. The Kier molecular flexibility index (Phi) is 70.1. The van der Waals surface area contributed by atoms with Gasteiger partial charge in [0, 0.05) is 13.1 Å². The molecule has 0 aromatic carbocycles. The quantitative estimate of drug-likeness (QED) is 0.0259. The summed E-state index contributed by atoms with van der Waals surface area (Å²) in [7, 11) is -6.78. The summed E-state index contributed by atoms with van der Waals surface area (Å²) in [6, 6.07) is 0. The molecule has 0 spiro atoms. The number of nitrogens with two attached hydrogens (primary N) is 4. The van der Waals surface area contributed by atoms with Gasteiger partial charge in [0.1, 0.15) is 0 Å². The summed E-state index contributed by atoms with van der Waals surface area (Å²) in [6.07, 6.45) is 26.0. The van der Waals surface area contributed by atoms with E-state index in [1.807, 2.05) is 0 Å². The third-order valence-electron chi connectivity index (χ3n) is 8.85. The highest BCUT2D eigenvalue weighted by atomic mass is 35.5. The lowest BCUT2D eigenvalue weighted by molar-refractivity contribution is 0.166. The van der Waals surface area contributed by atoms with Crippen molar-refractivity contribution < 1.29 is 27.2 Å². The lowest BCUT2D eigenvalue weighted by Gasteiger charge is -2.26. The van der Waals surface area contributed by atoms with Gasteiger partial charge in [-0.25, -0.2) is 0 Å². The van der Waals surface area contributed by atoms with E-state index in [1.54, 1.807) is 0 Å². The van der Waals surface area contributed by atoms with E-state index >= 15 is 0 Å². The minimum Gasteiger partial charge on any atom is -0.330 e. The second kappa shape index (κ2) is 55.4. The van der Waals surface area contributed by atoms with Gasteiger partial charge >= 0.3 is 15.2 Å². The minimum absolute atomic E-state index is 0. The lowest BCUT2D eigenvalue weighted by atomic mass is 10.2. The van der Waals surface area contributed by atoms with Gasteiger partial charge in [-0.2, -0.15) is 0 Å². The van der Waals surface area contributed by atoms with Crippen LogP contribution in [0.2, 0.25) is 0 Å². The van der Waals surface area contributed by atoms with Crippen molar-refractivity contribution in [1.82, 2.24) is 9.80 Å². The molecule has 0 rings (SSSR count). The topological polar surface area (TPSA) is 182 Å². The summed E-state index contributed by atoms with van der Waals surface area (Å²) < 4.78 is 52.0. The zero-order valence-electron chi connectivity index (χ0n) is 36.6. The second-order valence-electron chi connectivity index (χ2n) is 13.8. The Labute approximate surface area is 398 Å². The van der Waals surface area contributed by atoms with Crippen LogP contribution in [-0.2, 0) is 27.2 Å². The summed E-state index contributed by atoms with van der Waals surface area (Å²) in [5, 5.41) is 0. The van der Waals surface area contributed by atoms with Crippen LogP contribution in [0, 0.1) is 0 Å². The van der Waals surface area contributed by atoms with Gasteiger partial charge in [-0.05, 0) is 136 Å². The van der Waals surface area contributed by atoms with Gasteiger partial charge in [0.05, 0.1) is 38.8 Å². The second-order valence-corrected chi connectivity index (χ2v) is 18.2. The van der Waals surface area contributed by atoms with Crippen molar-refractivity contribution in [3.05, 3.63) is 24.3 Å². The van der Waals surface area contributed by atoms with Crippen molar-refractivity contribution in [2.24, 2.45) is 22.9 Å². The molecule has 0 aromatic rings. The standard InChI is InChI=1S/C39H84N6O6P2.6ClH/c1-3-5-7-9-11-13-15-17-34-48-52(46,38-32-44(28-19-24-40)29-20-25-41)50-36-23-37-51-53(47,39-33-45(30-21-26-42)31-22-27-43)49-35-18-16-14-12-10-8-6-4-2;;;;;;/h11-14H,3-10,15-43H2,1-2H3;6*1H/b13-11-,14-12-;;;;;;. The molecule has 2 atom stereocenters. The summed E-state index contributed by atoms with van der Waals surface area (Å²) >= 11 is 0. The van der Waals surface area contributed by atoms with Gasteiger partial charge in [-0.15, -0.1) is 74.4 Å². The Morgan fingerprint density at radius 1 is 0.390 bits per heavy atom. The number of hydrogen-bond donors (Lipinski definition) is 4.